The molecule has 0 fully saturated rings. The number of carboxylic acid groups (broad SMARTS) is 1. The molecule has 0 radical (unpaired) electrons. The van der Waals surface area contributed by atoms with Crippen molar-refractivity contribution < 1.29 is 14.6 Å². The van der Waals surface area contributed by atoms with Crippen molar-refractivity contribution in [2.45, 2.75) is 18.2 Å². The standard InChI is InChI=1S/C15H15NO3S/c1-3-11-8-10(15(17)18)9-14(16-11)19-12-4-6-13(20-2)7-5-12/h4-9H,3H2,1-2H3,(H,17,18). The van der Waals surface area contributed by atoms with Crippen LogP contribution in [-0.2, 0) is 6.42 Å². The van der Waals surface area contributed by atoms with Crippen LogP contribution in [0.3, 0.4) is 0 Å². The Kier molecular flexibility index (Phi) is 4.63. The summed E-state index contributed by atoms with van der Waals surface area (Å²) in [5.74, 6) is -0.0387. The SMILES string of the molecule is CCc1cc(C(=O)O)cc(Oc2ccc(SC)cc2)n1. The lowest BCUT2D eigenvalue weighted by molar-refractivity contribution is 0.0696. The molecule has 0 bridgehead atoms. The van der Waals surface area contributed by atoms with Crippen molar-refractivity contribution in [2.75, 3.05) is 6.26 Å². The number of ether oxygens (including phenoxy) is 1. The molecule has 1 heterocycles. The number of aryl methyl sites for hydroxylation is 1. The quantitative estimate of drug-likeness (QED) is 0.847. The predicted octanol–water partition coefficient (Wildman–Crippen LogP) is 3.86. The average Bonchev–Trinajstić information content (AvgIpc) is 2.47. The zero-order valence-corrected chi connectivity index (χ0v) is 12.1. The summed E-state index contributed by atoms with van der Waals surface area (Å²) in [7, 11) is 0. The maximum absolute atomic E-state index is 11.1. The smallest absolute Gasteiger partial charge is 0.335 e. The molecule has 2 rings (SSSR count). The molecule has 0 aliphatic rings. The number of hydrogen-bond acceptors (Lipinski definition) is 4. The molecule has 5 heteroatoms. The van der Waals surface area contributed by atoms with Crippen LogP contribution < -0.4 is 4.74 Å². The van der Waals surface area contributed by atoms with Gasteiger partial charge in [0.2, 0.25) is 5.88 Å². The Morgan fingerprint density at radius 3 is 2.55 bits per heavy atom. The minimum Gasteiger partial charge on any atom is -0.478 e. The number of rotatable bonds is 5. The first-order chi connectivity index (χ1) is 9.62. The zero-order chi connectivity index (χ0) is 14.5. The van der Waals surface area contributed by atoms with E-state index in [4.69, 9.17) is 9.84 Å². The van der Waals surface area contributed by atoms with Crippen molar-refractivity contribution in [2.24, 2.45) is 0 Å². The molecule has 2 aromatic rings. The third kappa shape index (κ3) is 3.51. The van der Waals surface area contributed by atoms with Crippen molar-refractivity contribution in [1.29, 1.82) is 0 Å². The van der Waals surface area contributed by atoms with Gasteiger partial charge in [0, 0.05) is 16.7 Å². The second-order valence-electron chi connectivity index (χ2n) is 4.12. The van der Waals surface area contributed by atoms with Crippen LogP contribution in [0.5, 0.6) is 11.6 Å². The van der Waals surface area contributed by atoms with Crippen LogP contribution in [0.25, 0.3) is 0 Å². The fourth-order valence-electron chi connectivity index (χ4n) is 1.68. The molecular formula is C15H15NO3S. The van der Waals surface area contributed by atoms with Gasteiger partial charge in [0.15, 0.2) is 0 Å². The highest BCUT2D eigenvalue weighted by Gasteiger charge is 2.09. The Morgan fingerprint density at radius 2 is 2.00 bits per heavy atom. The molecule has 104 valence electrons. The van der Waals surface area contributed by atoms with Gasteiger partial charge in [-0.15, -0.1) is 11.8 Å². The van der Waals surface area contributed by atoms with Crippen LogP contribution in [-0.4, -0.2) is 22.3 Å². The average molecular weight is 289 g/mol. The van der Waals surface area contributed by atoms with E-state index in [1.54, 1.807) is 17.8 Å². The molecule has 0 spiro atoms. The van der Waals surface area contributed by atoms with Crippen LogP contribution >= 0.6 is 11.8 Å². The van der Waals surface area contributed by atoms with Gasteiger partial charge in [-0.3, -0.25) is 0 Å². The maximum atomic E-state index is 11.1. The minimum absolute atomic E-state index is 0.188. The molecule has 0 aliphatic heterocycles. The highest BCUT2D eigenvalue weighted by atomic mass is 32.2. The molecule has 1 N–H and O–H groups in total. The van der Waals surface area contributed by atoms with Crippen LogP contribution in [0, 0.1) is 0 Å². The lowest BCUT2D eigenvalue weighted by Crippen LogP contribution is -2.01. The molecule has 0 unspecified atom stereocenters. The Morgan fingerprint density at radius 1 is 1.30 bits per heavy atom. The second kappa shape index (κ2) is 6.43. The summed E-state index contributed by atoms with van der Waals surface area (Å²) in [6.45, 7) is 1.92. The Bertz CT molecular complexity index is 611. The van der Waals surface area contributed by atoms with Crippen molar-refractivity contribution in [1.82, 2.24) is 4.98 Å². The number of pyridine rings is 1. The number of aromatic nitrogens is 1. The number of nitrogens with zero attached hydrogens (tertiary/aromatic N) is 1. The highest BCUT2D eigenvalue weighted by molar-refractivity contribution is 7.98. The Balaban J connectivity index is 2.27. The van der Waals surface area contributed by atoms with Gasteiger partial charge < -0.3 is 9.84 Å². The number of benzene rings is 1. The van der Waals surface area contributed by atoms with Crippen LogP contribution in [0.15, 0.2) is 41.3 Å². The van der Waals surface area contributed by atoms with Gasteiger partial charge in [-0.2, -0.15) is 0 Å². The summed E-state index contributed by atoms with van der Waals surface area (Å²) in [5.41, 5.74) is 0.883. The van der Waals surface area contributed by atoms with Gasteiger partial charge in [0.25, 0.3) is 0 Å². The van der Waals surface area contributed by atoms with Crippen LogP contribution in [0.4, 0.5) is 0 Å². The lowest BCUT2D eigenvalue weighted by atomic mass is 10.2. The van der Waals surface area contributed by atoms with E-state index in [2.05, 4.69) is 4.98 Å². The monoisotopic (exact) mass is 289 g/mol. The van der Waals surface area contributed by atoms with E-state index in [0.29, 0.717) is 23.7 Å². The Labute approximate surface area is 121 Å². The number of carbonyl (C=O) groups is 1. The lowest BCUT2D eigenvalue weighted by Gasteiger charge is -2.08. The van der Waals surface area contributed by atoms with E-state index in [9.17, 15) is 4.79 Å². The number of hydrogen-bond donors (Lipinski definition) is 1. The third-order valence-corrected chi connectivity index (χ3v) is 3.49. The van der Waals surface area contributed by atoms with Gasteiger partial charge in [0.05, 0.1) is 5.56 Å². The van der Waals surface area contributed by atoms with Gasteiger partial charge >= 0.3 is 5.97 Å². The molecule has 20 heavy (non-hydrogen) atoms. The van der Waals surface area contributed by atoms with Gasteiger partial charge in [0.1, 0.15) is 5.75 Å². The molecule has 0 saturated heterocycles. The maximum Gasteiger partial charge on any atom is 0.335 e. The zero-order valence-electron chi connectivity index (χ0n) is 11.3. The molecule has 0 aliphatic carbocycles. The van der Waals surface area contributed by atoms with Crippen LogP contribution in [0.2, 0.25) is 0 Å². The molecule has 0 atom stereocenters. The number of carboxylic acids is 1. The summed E-state index contributed by atoms with van der Waals surface area (Å²) in [4.78, 5) is 16.5. The largest absolute Gasteiger partial charge is 0.478 e. The van der Waals surface area contributed by atoms with Crippen molar-refractivity contribution in [3.05, 3.63) is 47.7 Å². The predicted molar refractivity (Wildman–Crippen MR) is 78.9 cm³/mol. The fourth-order valence-corrected chi connectivity index (χ4v) is 2.09. The van der Waals surface area contributed by atoms with E-state index in [1.807, 2.05) is 37.4 Å². The van der Waals surface area contributed by atoms with Gasteiger partial charge in [-0.05, 0) is 43.0 Å². The first kappa shape index (κ1) is 14.4. The Hall–Kier alpha value is -2.01. The van der Waals surface area contributed by atoms with E-state index in [1.165, 1.54) is 6.07 Å². The van der Waals surface area contributed by atoms with E-state index >= 15 is 0 Å². The first-order valence-electron chi connectivity index (χ1n) is 6.18. The topological polar surface area (TPSA) is 59.4 Å². The van der Waals surface area contributed by atoms with Crippen molar-refractivity contribution >= 4 is 17.7 Å². The van der Waals surface area contributed by atoms with Crippen molar-refractivity contribution in [3.63, 3.8) is 0 Å². The van der Waals surface area contributed by atoms with E-state index < -0.39 is 5.97 Å². The molecule has 0 saturated carbocycles. The van der Waals surface area contributed by atoms with E-state index in [0.717, 1.165) is 4.90 Å². The molecular weight excluding hydrogens is 274 g/mol. The number of thioether (sulfide) groups is 1. The normalized spacial score (nSPS) is 10.3. The second-order valence-corrected chi connectivity index (χ2v) is 5.00. The first-order valence-corrected chi connectivity index (χ1v) is 7.41. The molecule has 0 amide bonds. The van der Waals surface area contributed by atoms with E-state index in [-0.39, 0.29) is 5.56 Å². The molecule has 4 nitrogen and oxygen atoms in total. The van der Waals surface area contributed by atoms with Crippen LogP contribution in [0.1, 0.15) is 23.0 Å². The minimum atomic E-state index is -0.982. The summed E-state index contributed by atoms with van der Waals surface area (Å²) in [5, 5.41) is 9.08. The summed E-state index contributed by atoms with van der Waals surface area (Å²) in [6.07, 6.45) is 2.66. The number of aromatic carboxylic acids is 1. The summed E-state index contributed by atoms with van der Waals surface area (Å²) < 4.78 is 5.63. The summed E-state index contributed by atoms with van der Waals surface area (Å²) >= 11 is 1.65. The molecule has 1 aromatic carbocycles. The summed E-state index contributed by atoms with van der Waals surface area (Å²) in [6, 6.07) is 10.6. The van der Waals surface area contributed by atoms with Crippen molar-refractivity contribution in [3.8, 4) is 11.6 Å². The van der Waals surface area contributed by atoms with Gasteiger partial charge in [-0.25, -0.2) is 9.78 Å². The third-order valence-electron chi connectivity index (χ3n) is 2.75. The highest BCUT2D eigenvalue weighted by Crippen LogP contribution is 2.24. The fraction of sp³-hybridized carbons (Fsp3) is 0.200. The molecule has 1 aromatic heterocycles. The van der Waals surface area contributed by atoms with Gasteiger partial charge in [-0.1, -0.05) is 6.92 Å².